The van der Waals surface area contributed by atoms with E-state index in [2.05, 4.69) is 6.92 Å². The van der Waals surface area contributed by atoms with Gasteiger partial charge >= 0.3 is 0 Å². The lowest BCUT2D eigenvalue weighted by atomic mass is 9.64. The molecule has 4 rings (SSSR count). The van der Waals surface area contributed by atoms with Crippen molar-refractivity contribution < 1.29 is 18.3 Å². The Bertz CT molecular complexity index is 629. The molecule has 3 aliphatic rings. The molecule has 0 aromatic heterocycles. The number of rotatable bonds is 6. The largest absolute Gasteiger partial charge is 0.490 e. The Morgan fingerprint density at radius 2 is 1.69 bits per heavy atom. The molecule has 2 nitrogen and oxygen atoms in total. The minimum absolute atomic E-state index is 0.0423. The van der Waals surface area contributed by atoms with Crippen LogP contribution in [0.25, 0.3) is 0 Å². The predicted molar refractivity (Wildman–Crippen MR) is 97.1 cm³/mol. The summed E-state index contributed by atoms with van der Waals surface area (Å²) in [6, 6.07) is 3.15. The second-order valence-electron chi connectivity index (χ2n) is 8.58. The van der Waals surface area contributed by atoms with E-state index in [0.717, 1.165) is 24.2 Å². The number of epoxide rings is 1. The maximum atomic E-state index is 14.2. The summed E-state index contributed by atoms with van der Waals surface area (Å²) in [5, 5.41) is 0. The predicted octanol–water partition coefficient (Wildman–Crippen LogP) is 6.05. The second-order valence-corrected chi connectivity index (χ2v) is 8.58. The van der Waals surface area contributed by atoms with Crippen molar-refractivity contribution in [3.8, 4) is 5.75 Å². The lowest BCUT2D eigenvalue weighted by molar-refractivity contribution is 0.0739. The number of fused-ring (bicyclic) bond motifs is 1. The summed E-state index contributed by atoms with van der Waals surface area (Å²) in [4.78, 5) is 0. The van der Waals surface area contributed by atoms with Crippen molar-refractivity contribution in [2.75, 3.05) is 13.2 Å². The third-order valence-corrected chi connectivity index (χ3v) is 6.76. The molecule has 1 aliphatic heterocycles. The molecule has 144 valence electrons. The molecule has 3 fully saturated rings. The van der Waals surface area contributed by atoms with Gasteiger partial charge in [0.15, 0.2) is 11.6 Å². The molecule has 0 amide bonds. The van der Waals surface area contributed by atoms with E-state index in [9.17, 15) is 8.78 Å². The molecule has 2 aliphatic carbocycles. The molecular weight excluding hydrogens is 334 g/mol. The van der Waals surface area contributed by atoms with Crippen LogP contribution in [-0.4, -0.2) is 13.2 Å². The minimum atomic E-state index is -0.869. The minimum Gasteiger partial charge on any atom is -0.490 e. The van der Waals surface area contributed by atoms with Gasteiger partial charge in [0.1, 0.15) is 6.10 Å². The highest BCUT2D eigenvalue weighted by Crippen LogP contribution is 2.46. The van der Waals surface area contributed by atoms with Crippen LogP contribution < -0.4 is 4.74 Å². The zero-order valence-corrected chi connectivity index (χ0v) is 15.7. The van der Waals surface area contributed by atoms with Crippen molar-refractivity contribution in [2.24, 2.45) is 23.7 Å². The fourth-order valence-corrected chi connectivity index (χ4v) is 5.25. The van der Waals surface area contributed by atoms with Gasteiger partial charge in [-0.15, -0.1) is 0 Å². The summed E-state index contributed by atoms with van der Waals surface area (Å²) < 4.78 is 39.1. The summed E-state index contributed by atoms with van der Waals surface area (Å²) >= 11 is 0. The number of hydrogen-bond donors (Lipinski definition) is 0. The van der Waals surface area contributed by atoms with Crippen LogP contribution in [0.5, 0.6) is 5.75 Å². The second kappa shape index (κ2) is 7.84. The quantitative estimate of drug-likeness (QED) is 0.573. The molecule has 5 atom stereocenters. The average Bonchev–Trinajstić information content (AvgIpc) is 3.48. The Morgan fingerprint density at radius 1 is 1.00 bits per heavy atom. The normalized spacial score (nSPS) is 33.6. The molecule has 0 bridgehead atoms. The van der Waals surface area contributed by atoms with Gasteiger partial charge in [-0.2, -0.15) is 4.39 Å². The van der Waals surface area contributed by atoms with E-state index >= 15 is 0 Å². The number of halogens is 2. The molecule has 0 spiro atoms. The van der Waals surface area contributed by atoms with Crippen molar-refractivity contribution in [3.63, 3.8) is 0 Å². The molecule has 2 saturated carbocycles. The maximum Gasteiger partial charge on any atom is 0.200 e. The number of benzene rings is 1. The maximum absolute atomic E-state index is 14.2. The topological polar surface area (TPSA) is 21.8 Å². The Morgan fingerprint density at radius 3 is 2.38 bits per heavy atom. The van der Waals surface area contributed by atoms with Crippen LogP contribution in [0.15, 0.2) is 12.1 Å². The SMILES string of the molecule is CCCC1CCC2CC(COc3ccc(C4CO4)c(F)c3F)CCC2C1. The highest BCUT2D eigenvalue weighted by atomic mass is 19.2. The molecule has 1 aromatic carbocycles. The van der Waals surface area contributed by atoms with Gasteiger partial charge in [0.25, 0.3) is 0 Å². The van der Waals surface area contributed by atoms with Crippen LogP contribution in [-0.2, 0) is 4.74 Å². The lowest BCUT2D eigenvalue weighted by Gasteiger charge is -2.42. The summed E-state index contributed by atoms with van der Waals surface area (Å²) in [6.07, 6.45) is 10.1. The van der Waals surface area contributed by atoms with E-state index in [1.165, 1.54) is 44.9 Å². The Balaban J connectivity index is 1.30. The first-order valence-corrected chi connectivity index (χ1v) is 10.4. The lowest BCUT2D eigenvalue weighted by Crippen LogP contribution is -2.33. The highest BCUT2D eigenvalue weighted by Gasteiger charge is 2.36. The molecule has 1 saturated heterocycles. The first-order valence-electron chi connectivity index (χ1n) is 10.4. The average molecular weight is 364 g/mol. The zero-order valence-electron chi connectivity index (χ0n) is 15.7. The van der Waals surface area contributed by atoms with Gasteiger partial charge in [-0.25, -0.2) is 4.39 Å². The molecule has 0 N–H and O–H groups in total. The smallest absolute Gasteiger partial charge is 0.200 e. The van der Waals surface area contributed by atoms with Crippen LogP contribution in [0.4, 0.5) is 8.78 Å². The fraction of sp³-hybridized carbons (Fsp3) is 0.727. The van der Waals surface area contributed by atoms with Gasteiger partial charge in [0, 0.05) is 5.56 Å². The first-order chi connectivity index (χ1) is 12.7. The Labute approximate surface area is 155 Å². The van der Waals surface area contributed by atoms with Gasteiger partial charge in [-0.05, 0) is 67.9 Å². The molecule has 1 aromatic rings. The van der Waals surface area contributed by atoms with Crippen LogP contribution in [0.2, 0.25) is 0 Å². The number of hydrogen-bond acceptors (Lipinski definition) is 2. The van der Waals surface area contributed by atoms with Crippen LogP contribution >= 0.6 is 0 Å². The van der Waals surface area contributed by atoms with E-state index in [-0.39, 0.29) is 11.9 Å². The Hall–Kier alpha value is -1.16. The van der Waals surface area contributed by atoms with E-state index < -0.39 is 11.6 Å². The van der Waals surface area contributed by atoms with Crippen molar-refractivity contribution in [2.45, 2.75) is 64.4 Å². The molecular formula is C22H30F2O2. The van der Waals surface area contributed by atoms with Gasteiger partial charge in [-0.1, -0.05) is 26.2 Å². The van der Waals surface area contributed by atoms with Crippen LogP contribution in [0, 0.1) is 35.3 Å². The van der Waals surface area contributed by atoms with Crippen molar-refractivity contribution in [3.05, 3.63) is 29.3 Å². The molecule has 1 heterocycles. The van der Waals surface area contributed by atoms with E-state index in [0.29, 0.717) is 24.7 Å². The monoisotopic (exact) mass is 364 g/mol. The van der Waals surface area contributed by atoms with Crippen molar-refractivity contribution in [1.29, 1.82) is 0 Å². The fourth-order valence-electron chi connectivity index (χ4n) is 5.25. The highest BCUT2D eigenvalue weighted by molar-refractivity contribution is 5.33. The Kier molecular flexibility index (Phi) is 5.49. The van der Waals surface area contributed by atoms with E-state index in [1.54, 1.807) is 12.1 Å². The summed E-state index contributed by atoms with van der Waals surface area (Å²) in [5.74, 6) is 1.44. The van der Waals surface area contributed by atoms with Crippen molar-refractivity contribution >= 4 is 0 Å². The summed E-state index contributed by atoms with van der Waals surface area (Å²) in [5.41, 5.74) is 0.305. The van der Waals surface area contributed by atoms with Gasteiger partial charge < -0.3 is 9.47 Å². The van der Waals surface area contributed by atoms with E-state index in [1.807, 2.05) is 0 Å². The first kappa shape index (κ1) is 18.2. The third-order valence-electron chi connectivity index (χ3n) is 6.76. The van der Waals surface area contributed by atoms with Crippen LogP contribution in [0.3, 0.4) is 0 Å². The molecule has 4 heteroatoms. The molecule has 0 radical (unpaired) electrons. The van der Waals surface area contributed by atoms with Gasteiger partial charge in [0.2, 0.25) is 5.82 Å². The summed E-state index contributed by atoms with van der Waals surface area (Å²) in [7, 11) is 0. The van der Waals surface area contributed by atoms with E-state index in [4.69, 9.17) is 9.47 Å². The van der Waals surface area contributed by atoms with Crippen molar-refractivity contribution in [1.82, 2.24) is 0 Å². The van der Waals surface area contributed by atoms with Crippen LogP contribution in [0.1, 0.15) is 70.0 Å². The van der Waals surface area contributed by atoms with Gasteiger partial charge in [-0.3, -0.25) is 0 Å². The molecule has 5 unspecified atom stereocenters. The third kappa shape index (κ3) is 3.90. The molecule has 26 heavy (non-hydrogen) atoms. The summed E-state index contributed by atoms with van der Waals surface area (Å²) in [6.45, 7) is 3.25. The standard InChI is InChI=1S/C22H30F2O2/c1-2-3-14-4-6-17-11-15(5-7-16(17)10-14)12-25-19-9-8-18(20-13-26-20)21(23)22(19)24/h8-9,14-17,20H,2-7,10-13H2,1H3. The zero-order chi connectivity index (χ0) is 18.1. The number of ether oxygens (including phenoxy) is 2. The van der Waals surface area contributed by atoms with Gasteiger partial charge in [0.05, 0.1) is 13.2 Å².